The fourth-order valence-corrected chi connectivity index (χ4v) is 3.26. The molecule has 1 heterocycles. The van der Waals surface area contributed by atoms with Crippen LogP contribution in [0.2, 0.25) is 0 Å². The van der Waals surface area contributed by atoms with E-state index < -0.39 is 47.0 Å². The first-order chi connectivity index (χ1) is 12.1. The van der Waals surface area contributed by atoms with E-state index in [1.54, 1.807) is 6.92 Å². The first kappa shape index (κ1) is 19.8. The molecule has 2 amide bonds. The number of hydrogen-bond acceptors (Lipinski definition) is 5. The van der Waals surface area contributed by atoms with E-state index in [9.17, 15) is 27.6 Å². The second-order valence-electron chi connectivity index (χ2n) is 5.28. The van der Waals surface area contributed by atoms with Gasteiger partial charge >= 0.3 is 12.1 Å². The highest BCUT2D eigenvalue weighted by molar-refractivity contribution is 8.04. The number of ether oxygens (including phenoxy) is 1. The number of carbonyl (C=O) groups excluding carboxylic acids is 3. The Balaban J connectivity index is 2.18. The van der Waals surface area contributed by atoms with Gasteiger partial charge in [0, 0.05) is 0 Å². The third kappa shape index (κ3) is 4.57. The van der Waals surface area contributed by atoms with Crippen LogP contribution >= 0.6 is 11.8 Å². The number of halogens is 3. The second kappa shape index (κ2) is 7.81. The summed E-state index contributed by atoms with van der Waals surface area (Å²) in [5.74, 6) is -1.95. The van der Waals surface area contributed by atoms with Crippen LogP contribution in [0.25, 0.3) is 0 Å². The number of esters is 1. The Labute approximate surface area is 151 Å². The van der Waals surface area contributed by atoms with Gasteiger partial charge in [0.1, 0.15) is 6.54 Å². The number of para-hydroxylation sites is 1. The molecule has 140 valence electrons. The van der Waals surface area contributed by atoms with Crippen LogP contribution < -0.4 is 5.32 Å². The monoisotopic (exact) mass is 388 g/mol. The van der Waals surface area contributed by atoms with E-state index in [4.69, 9.17) is 0 Å². The van der Waals surface area contributed by atoms with Crippen molar-refractivity contribution < 1.29 is 32.3 Å². The third-order valence-electron chi connectivity index (χ3n) is 3.43. The summed E-state index contributed by atoms with van der Waals surface area (Å²) >= 11 is 1.06. The topological polar surface area (TPSA) is 75.7 Å². The summed E-state index contributed by atoms with van der Waals surface area (Å²) in [7, 11) is 1.16. The molecule has 0 aromatic heterocycles. The lowest BCUT2D eigenvalue weighted by molar-refractivity contribution is -0.137. The molecule has 1 fully saturated rings. The van der Waals surface area contributed by atoms with Gasteiger partial charge < -0.3 is 10.1 Å². The number of carbonyl (C=O) groups is 3. The Morgan fingerprint density at radius 1 is 1.35 bits per heavy atom. The predicted octanol–water partition coefficient (Wildman–Crippen LogP) is 2.62. The molecule has 1 N–H and O–H groups in total. The molecule has 1 aromatic rings. The minimum absolute atomic E-state index is 0.202. The summed E-state index contributed by atoms with van der Waals surface area (Å²) in [6, 6.07) is 4.52. The highest BCUT2D eigenvalue weighted by Gasteiger charge is 2.36. The SMILES string of the molecule is COC(=O)/C=C1\SC(C)C(=O)N1CC(=O)Nc1ccccc1C(F)(F)F. The molecule has 1 aliphatic rings. The summed E-state index contributed by atoms with van der Waals surface area (Å²) in [6.45, 7) is 1.07. The van der Waals surface area contributed by atoms with E-state index >= 15 is 0 Å². The molecule has 0 saturated carbocycles. The van der Waals surface area contributed by atoms with Crippen LogP contribution in [0.5, 0.6) is 0 Å². The lowest BCUT2D eigenvalue weighted by Crippen LogP contribution is -2.35. The average Bonchev–Trinajstić information content (AvgIpc) is 2.81. The number of amides is 2. The molecule has 0 bridgehead atoms. The summed E-state index contributed by atoms with van der Waals surface area (Å²) in [6.07, 6.45) is -3.57. The minimum atomic E-state index is -4.63. The van der Waals surface area contributed by atoms with Gasteiger partial charge in [0.15, 0.2) is 0 Å². The number of methoxy groups -OCH3 is 1. The Morgan fingerprint density at radius 2 is 2.00 bits per heavy atom. The van der Waals surface area contributed by atoms with Crippen molar-refractivity contribution in [2.24, 2.45) is 0 Å². The minimum Gasteiger partial charge on any atom is -0.466 e. The number of nitrogens with one attached hydrogen (secondary N) is 1. The first-order valence-electron chi connectivity index (χ1n) is 7.37. The molecule has 2 rings (SSSR count). The highest BCUT2D eigenvalue weighted by Crippen LogP contribution is 2.36. The zero-order valence-corrected chi connectivity index (χ0v) is 14.6. The van der Waals surface area contributed by atoms with Crippen molar-refractivity contribution in [1.29, 1.82) is 0 Å². The zero-order valence-electron chi connectivity index (χ0n) is 13.8. The van der Waals surface area contributed by atoms with Crippen molar-refractivity contribution in [3.63, 3.8) is 0 Å². The van der Waals surface area contributed by atoms with Crippen molar-refractivity contribution >= 4 is 35.2 Å². The van der Waals surface area contributed by atoms with Gasteiger partial charge in [-0.2, -0.15) is 13.2 Å². The van der Waals surface area contributed by atoms with E-state index in [0.29, 0.717) is 0 Å². The van der Waals surface area contributed by atoms with Crippen molar-refractivity contribution in [1.82, 2.24) is 4.90 Å². The van der Waals surface area contributed by atoms with Crippen LogP contribution in [-0.4, -0.2) is 41.6 Å². The van der Waals surface area contributed by atoms with E-state index in [1.807, 2.05) is 0 Å². The van der Waals surface area contributed by atoms with Crippen molar-refractivity contribution in [2.45, 2.75) is 18.3 Å². The fourth-order valence-electron chi connectivity index (χ4n) is 2.22. The fraction of sp³-hybridized carbons (Fsp3) is 0.312. The summed E-state index contributed by atoms with van der Waals surface area (Å²) in [4.78, 5) is 36.8. The van der Waals surface area contributed by atoms with E-state index in [-0.39, 0.29) is 5.03 Å². The molecular weight excluding hydrogens is 373 g/mol. The number of anilines is 1. The number of hydrogen-bond donors (Lipinski definition) is 1. The van der Waals surface area contributed by atoms with Gasteiger partial charge in [0.05, 0.1) is 34.7 Å². The number of benzene rings is 1. The molecule has 1 unspecified atom stereocenters. The normalized spacial score (nSPS) is 19.0. The number of thioether (sulfide) groups is 1. The van der Waals surface area contributed by atoms with Crippen molar-refractivity contribution in [3.05, 3.63) is 40.9 Å². The van der Waals surface area contributed by atoms with Crippen molar-refractivity contribution in [3.8, 4) is 0 Å². The second-order valence-corrected chi connectivity index (χ2v) is 6.64. The first-order valence-corrected chi connectivity index (χ1v) is 8.25. The molecule has 10 heteroatoms. The van der Waals surface area contributed by atoms with Gasteiger partial charge in [0.2, 0.25) is 11.8 Å². The lowest BCUT2D eigenvalue weighted by atomic mass is 10.1. The Hall–Kier alpha value is -2.49. The summed E-state index contributed by atoms with van der Waals surface area (Å²) < 4.78 is 43.4. The molecule has 1 aromatic carbocycles. The van der Waals surface area contributed by atoms with Gasteiger partial charge in [-0.05, 0) is 19.1 Å². The summed E-state index contributed by atoms with van der Waals surface area (Å²) in [5, 5.41) is 1.84. The van der Waals surface area contributed by atoms with E-state index in [1.165, 1.54) is 12.1 Å². The van der Waals surface area contributed by atoms with Gasteiger partial charge in [-0.1, -0.05) is 23.9 Å². The molecule has 26 heavy (non-hydrogen) atoms. The van der Waals surface area contributed by atoms with E-state index in [0.717, 1.165) is 42.0 Å². The molecule has 1 aliphatic heterocycles. The van der Waals surface area contributed by atoms with Gasteiger partial charge in [-0.25, -0.2) is 4.79 Å². The number of rotatable bonds is 4. The standard InChI is InChI=1S/C16H15F3N2O4S/c1-9-15(24)21(13(26-9)7-14(23)25-2)8-12(22)20-11-6-4-3-5-10(11)16(17,18)19/h3-7,9H,8H2,1-2H3,(H,20,22)/b13-7-. The highest BCUT2D eigenvalue weighted by atomic mass is 32.2. The molecule has 0 spiro atoms. The van der Waals surface area contributed by atoms with Crippen LogP contribution in [0, 0.1) is 0 Å². The Morgan fingerprint density at radius 3 is 2.62 bits per heavy atom. The van der Waals surface area contributed by atoms with Crippen LogP contribution in [0.15, 0.2) is 35.4 Å². The number of alkyl halides is 3. The Kier molecular flexibility index (Phi) is 5.96. The average molecular weight is 388 g/mol. The van der Waals surface area contributed by atoms with Gasteiger partial charge in [-0.3, -0.25) is 14.5 Å². The maximum Gasteiger partial charge on any atom is 0.418 e. The predicted molar refractivity (Wildman–Crippen MR) is 88.9 cm³/mol. The van der Waals surface area contributed by atoms with Crippen LogP contribution in [0.3, 0.4) is 0 Å². The third-order valence-corrected chi connectivity index (χ3v) is 4.56. The zero-order chi connectivity index (χ0) is 19.5. The molecule has 0 aliphatic carbocycles. The van der Waals surface area contributed by atoms with E-state index in [2.05, 4.69) is 10.1 Å². The largest absolute Gasteiger partial charge is 0.466 e. The quantitative estimate of drug-likeness (QED) is 0.634. The molecule has 1 atom stereocenters. The van der Waals surface area contributed by atoms with Gasteiger partial charge in [0.25, 0.3) is 0 Å². The number of nitrogens with zero attached hydrogens (tertiary/aromatic N) is 1. The molecule has 1 saturated heterocycles. The maximum absolute atomic E-state index is 13.0. The smallest absolute Gasteiger partial charge is 0.418 e. The molecule has 6 nitrogen and oxygen atoms in total. The maximum atomic E-state index is 13.0. The molecular formula is C16H15F3N2O4S. The lowest BCUT2D eigenvalue weighted by Gasteiger charge is -2.18. The summed E-state index contributed by atoms with van der Waals surface area (Å²) in [5.41, 5.74) is -1.40. The van der Waals surface area contributed by atoms with Crippen LogP contribution in [0.1, 0.15) is 12.5 Å². The molecule has 0 radical (unpaired) electrons. The van der Waals surface area contributed by atoms with Crippen LogP contribution in [-0.2, 0) is 25.3 Å². The van der Waals surface area contributed by atoms with Crippen LogP contribution in [0.4, 0.5) is 18.9 Å². The van der Waals surface area contributed by atoms with Crippen molar-refractivity contribution in [2.75, 3.05) is 19.0 Å². The van der Waals surface area contributed by atoms with Gasteiger partial charge in [-0.15, -0.1) is 0 Å². The Bertz CT molecular complexity index is 764.